The maximum atomic E-state index is 12.1. The van der Waals surface area contributed by atoms with E-state index in [1.165, 1.54) is 7.11 Å². The second-order valence-electron chi connectivity index (χ2n) is 6.31. The van der Waals surface area contributed by atoms with Crippen LogP contribution < -0.4 is 11.1 Å². The van der Waals surface area contributed by atoms with Gasteiger partial charge in [-0.3, -0.25) is 4.79 Å². The van der Waals surface area contributed by atoms with Gasteiger partial charge in [-0.1, -0.05) is 48.5 Å². The third-order valence-electron chi connectivity index (χ3n) is 4.70. The Labute approximate surface area is 164 Å². The van der Waals surface area contributed by atoms with Crippen molar-refractivity contribution >= 4 is 24.5 Å². The quantitative estimate of drug-likeness (QED) is 0.766. The summed E-state index contributed by atoms with van der Waals surface area (Å²) >= 11 is 0. The van der Waals surface area contributed by atoms with Crippen LogP contribution in [0.1, 0.15) is 24.0 Å². The molecule has 144 valence electrons. The molecule has 0 heterocycles. The minimum absolute atomic E-state index is 0. The van der Waals surface area contributed by atoms with Crippen molar-refractivity contribution in [3.05, 3.63) is 59.7 Å². The number of amides is 1. The van der Waals surface area contributed by atoms with Crippen molar-refractivity contribution in [1.82, 2.24) is 5.32 Å². The van der Waals surface area contributed by atoms with Gasteiger partial charge >= 0.3 is 12.1 Å². The van der Waals surface area contributed by atoms with Crippen molar-refractivity contribution in [1.29, 1.82) is 0 Å². The lowest BCUT2D eigenvalue weighted by molar-refractivity contribution is -0.142. The normalized spacial score (nSPS) is 14.2. The van der Waals surface area contributed by atoms with E-state index in [2.05, 4.69) is 34.3 Å². The number of halogens is 1. The van der Waals surface area contributed by atoms with Gasteiger partial charge in [0, 0.05) is 5.92 Å². The molecule has 0 radical (unpaired) electrons. The Bertz CT molecular complexity index is 782. The monoisotopic (exact) mass is 390 g/mol. The fourth-order valence-electron chi connectivity index (χ4n) is 3.26. The molecule has 3 rings (SSSR count). The topological polar surface area (TPSA) is 90.6 Å². The van der Waals surface area contributed by atoms with E-state index in [0.717, 1.165) is 22.3 Å². The highest BCUT2D eigenvalue weighted by Crippen LogP contribution is 2.44. The lowest BCUT2D eigenvalue weighted by Crippen LogP contribution is -2.50. The summed E-state index contributed by atoms with van der Waals surface area (Å²) in [5, 5.41) is 2.58. The molecule has 7 heteroatoms. The van der Waals surface area contributed by atoms with Crippen LogP contribution in [0.15, 0.2) is 48.5 Å². The number of carbonyl (C=O) groups excluding carboxylic acids is 2. The molecule has 1 aliphatic rings. The number of esters is 1. The van der Waals surface area contributed by atoms with E-state index >= 15 is 0 Å². The SMILES string of the molecule is COC(=O)[C@@H](N)[C@@H](C)NC(=O)OCC1c2ccccc2-c2ccccc21.Cl. The summed E-state index contributed by atoms with van der Waals surface area (Å²) in [6.07, 6.45) is -0.612. The Morgan fingerprint density at radius 2 is 1.59 bits per heavy atom. The lowest BCUT2D eigenvalue weighted by atomic mass is 9.98. The van der Waals surface area contributed by atoms with E-state index in [0.29, 0.717) is 0 Å². The first-order chi connectivity index (χ1) is 12.5. The molecule has 1 aliphatic carbocycles. The molecule has 0 saturated heterocycles. The molecule has 0 fully saturated rings. The second-order valence-corrected chi connectivity index (χ2v) is 6.31. The van der Waals surface area contributed by atoms with Crippen molar-refractivity contribution in [3.8, 4) is 11.1 Å². The van der Waals surface area contributed by atoms with Crippen molar-refractivity contribution in [2.75, 3.05) is 13.7 Å². The maximum absolute atomic E-state index is 12.1. The van der Waals surface area contributed by atoms with Crippen molar-refractivity contribution in [2.24, 2.45) is 5.73 Å². The zero-order valence-electron chi connectivity index (χ0n) is 15.2. The second kappa shape index (κ2) is 8.88. The highest BCUT2D eigenvalue weighted by Gasteiger charge is 2.29. The highest BCUT2D eigenvalue weighted by molar-refractivity contribution is 5.85. The summed E-state index contributed by atoms with van der Waals surface area (Å²) in [5.74, 6) is -0.603. The summed E-state index contributed by atoms with van der Waals surface area (Å²) in [6.45, 7) is 1.84. The standard InChI is InChI=1S/C20H22N2O4.ClH/c1-12(18(21)19(23)25-2)22-20(24)26-11-17-15-9-5-3-7-13(15)14-8-4-6-10-16(14)17;/h3-10,12,17-18H,11,21H2,1-2H3,(H,22,24);1H/t12-,18+;/m1./s1. The number of benzene rings is 2. The molecule has 0 saturated carbocycles. The van der Waals surface area contributed by atoms with Crippen molar-refractivity contribution < 1.29 is 19.1 Å². The summed E-state index contributed by atoms with van der Waals surface area (Å²) in [7, 11) is 1.25. The summed E-state index contributed by atoms with van der Waals surface area (Å²) in [4.78, 5) is 23.5. The molecule has 27 heavy (non-hydrogen) atoms. The molecular formula is C20H23ClN2O4. The molecule has 0 bridgehead atoms. The molecule has 0 aliphatic heterocycles. The van der Waals surface area contributed by atoms with Gasteiger partial charge in [-0.25, -0.2) is 4.79 Å². The fourth-order valence-corrected chi connectivity index (χ4v) is 3.26. The van der Waals surface area contributed by atoms with Crippen LogP contribution >= 0.6 is 12.4 Å². The van der Waals surface area contributed by atoms with Gasteiger partial charge in [-0.15, -0.1) is 12.4 Å². The fraction of sp³-hybridized carbons (Fsp3) is 0.300. The Morgan fingerprint density at radius 3 is 2.11 bits per heavy atom. The number of methoxy groups -OCH3 is 1. The zero-order valence-corrected chi connectivity index (χ0v) is 16.0. The van der Waals surface area contributed by atoms with Crippen LogP contribution in [0.3, 0.4) is 0 Å². The first-order valence-corrected chi connectivity index (χ1v) is 8.48. The molecule has 0 aromatic heterocycles. The third-order valence-corrected chi connectivity index (χ3v) is 4.70. The molecule has 1 amide bonds. The average Bonchev–Trinajstić information content (AvgIpc) is 2.99. The van der Waals surface area contributed by atoms with Crippen LogP contribution in [0.5, 0.6) is 0 Å². The molecule has 0 unspecified atom stereocenters. The number of hydrogen-bond donors (Lipinski definition) is 2. The van der Waals surface area contributed by atoms with Crippen molar-refractivity contribution in [3.63, 3.8) is 0 Å². The Hall–Kier alpha value is -2.57. The number of ether oxygens (including phenoxy) is 2. The molecule has 2 aromatic carbocycles. The molecule has 3 N–H and O–H groups in total. The van der Waals surface area contributed by atoms with Gasteiger partial charge in [0.15, 0.2) is 0 Å². The first-order valence-electron chi connectivity index (χ1n) is 8.48. The summed E-state index contributed by atoms with van der Waals surface area (Å²) in [5.41, 5.74) is 10.3. The number of hydrogen-bond acceptors (Lipinski definition) is 5. The zero-order chi connectivity index (χ0) is 18.7. The number of nitrogens with one attached hydrogen (secondary N) is 1. The highest BCUT2D eigenvalue weighted by atomic mass is 35.5. The maximum Gasteiger partial charge on any atom is 0.407 e. The number of alkyl carbamates (subject to hydrolysis) is 1. The smallest absolute Gasteiger partial charge is 0.407 e. The predicted molar refractivity (Wildman–Crippen MR) is 105 cm³/mol. The van der Waals surface area contributed by atoms with Gasteiger partial charge < -0.3 is 20.5 Å². The summed E-state index contributed by atoms with van der Waals surface area (Å²) in [6, 6.07) is 14.7. The first kappa shape index (κ1) is 20.7. The lowest BCUT2D eigenvalue weighted by Gasteiger charge is -2.20. The number of rotatable bonds is 5. The van der Waals surface area contributed by atoms with Crippen LogP contribution in [-0.4, -0.2) is 37.9 Å². The Kier molecular flexibility index (Phi) is 6.82. The number of fused-ring (bicyclic) bond motifs is 3. The molecule has 2 atom stereocenters. The minimum atomic E-state index is -0.944. The number of nitrogens with two attached hydrogens (primary N) is 1. The van der Waals surface area contributed by atoms with Crippen LogP contribution in [0.25, 0.3) is 11.1 Å². The Morgan fingerprint density at radius 1 is 1.07 bits per heavy atom. The Balaban J connectivity index is 0.00000261. The van der Waals surface area contributed by atoms with Crippen LogP contribution in [0.2, 0.25) is 0 Å². The van der Waals surface area contributed by atoms with Crippen LogP contribution in [0, 0.1) is 0 Å². The van der Waals surface area contributed by atoms with E-state index in [9.17, 15) is 9.59 Å². The number of carbonyl (C=O) groups is 2. The van der Waals surface area contributed by atoms with Crippen molar-refractivity contribution in [2.45, 2.75) is 24.9 Å². The van der Waals surface area contributed by atoms with Gasteiger partial charge in [0.2, 0.25) is 0 Å². The average molecular weight is 391 g/mol. The van der Waals surface area contributed by atoms with Gasteiger partial charge in [0.25, 0.3) is 0 Å². The third kappa shape index (κ3) is 4.23. The van der Waals surface area contributed by atoms with E-state index in [1.54, 1.807) is 6.92 Å². The van der Waals surface area contributed by atoms with Crippen LogP contribution in [-0.2, 0) is 14.3 Å². The predicted octanol–water partition coefficient (Wildman–Crippen LogP) is 2.84. The van der Waals surface area contributed by atoms with Crippen LogP contribution in [0.4, 0.5) is 4.79 Å². The van der Waals surface area contributed by atoms with Gasteiger partial charge in [-0.05, 0) is 29.2 Å². The molecule has 0 spiro atoms. The van der Waals surface area contributed by atoms with Gasteiger partial charge in [0.1, 0.15) is 12.6 Å². The van der Waals surface area contributed by atoms with E-state index in [4.69, 9.17) is 10.5 Å². The van der Waals surface area contributed by atoms with E-state index in [-0.39, 0.29) is 24.9 Å². The molecule has 6 nitrogen and oxygen atoms in total. The minimum Gasteiger partial charge on any atom is -0.468 e. The van der Waals surface area contributed by atoms with Gasteiger partial charge in [-0.2, -0.15) is 0 Å². The largest absolute Gasteiger partial charge is 0.468 e. The molecular weight excluding hydrogens is 368 g/mol. The van der Waals surface area contributed by atoms with Gasteiger partial charge in [0.05, 0.1) is 13.2 Å². The summed E-state index contributed by atoms with van der Waals surface area (Å²) < 4.78 is 9.99. The molecule has 2 aromatic rings. The van der Waals surface area contributed by atoms with E-state index < -0.39 is 24.1 Å². The van der Waals surface area contributed by atoms with E-state index in [1.807, 2.05) is 24.3 Å².